The van der Waals surface area contributed by atoms with Crippen molar-refractivity contribution in [2.45, 2.75) is 95.9 Å². The van der Waals surface area contributed by atoms with Gasteiger partial charge in [-0.3, -0.25) is 9.97 Å². The third-order valence-corrected chi connectivity index (χ3v) is 1.13. The average molecular weight is 367 g/mol. The SMILES string of the molecule is C.CC.CC.CCC.CCC.CCC.c1ccncc1.c1ccncc1. The third kappa shape index (κ3) is 95.4. The first kappa shape index (κ1) is 39.4. The highest BCUT2D eigenvalue weighted by Gasteiger charge is 1.59. The fourth-order valence-electron chi connectivity index (χ4n) is 0.625. The van der Waals surface area contributed by atoms with Crippen LogP contribution in [0.5, 0.6) is 0 Å². The van der Waals surface area contributed by atoms with Crippen LogP contribution >= 0.6 is 0 Å². The first-order valence-corrected chi connectivity index (χ1v) is 9.94. The van der Waals surface area contributed by atoms with Crippen LogP contribution in [0.25, 0.3) is 0 Å². The first-order chi connectivity index (χ1) is 12.2. The number of rotatable bonds is 0. The molecule has 0 saturated carbocycles. The maximum absolute atomic E-state index is 3.78. The van der Waals surface area contributed by atoms with Crippen molar-refractivity contribution in [1.82, 2.24) is 9.97 Å². The second kappa shape index (κ2) is 65.5. The van der Waals surface area contributed by atoms with E-state index in [1.165, 1.54) is 19.3 Å². The lowest BCUT2D eigenvalue weighted by atomic mass is 10.5. The summed E-state index contributed by atoms with van der Waals surface area (Å²) in [5.41, 5.74) is 0. The number of hydrogen-bond acceptors (Lipinski definition) is 2. The van der Waals surface area contributed by atoms with Gasteiger partial charge in [-0.25, -0.2) is 0 Å². The molecule has 0 unspecified atom stereocenters. The highest BCUT2D eigenvalue weighted by atomic mass is 14.6. The van der Waals surface area contributed by atoms with E-state index in [1.54, 1.807) is 24.8 Å². The van der Waals surface area contributed by atoms with Crippen molar-refractivity contribution in [2.75, 3.05) is 0 Å². The van der Waals surface area contributed by atoms with Gasteiger partial charge in [-0.05, 0) is 24.3 Å². The van der Waals surface area contributed by atoms with E-state index in [4.69, 9.17) is 0 Å². The average Bonchev–Trinajstić information content (AvgIpc) is 2.70. The zero-order valence-electron chi connectivity index (χ0n) is 18.8. The van der Waals surface area contributed by atoms with Crippen molar-refractivity contribution in [2.24, 2.45) is 0 Å². The molecular formula is C24H50N2. The lowest BCUT2D eigenvalue weighted by Gasteiger charge is -1.70. The molecule has 0 aliphatic heterocycles. The normalized spacial score (nSPS) is 6.23. The molecule has 0 aromatic carbocycles. The Kier molecular flexibility index (Phi) is 99.2. The second-order valence-corrected chi connectivity index (χ2v) is 4.17. The predicted molar refractivity (Wildman–Crippen MR) is 126 cm³/mol. The monoisotopic (exact) mass is 366 g/mol. The number of pyridine rings is 2. The molecular weight excluding hydrogens is 316 g/mol. The van der Waals surface area contributed by atoms with E-state index in [0.717, 1.165) is 0 Å². The second-order valence-electron chi connectivity index (χ2n) is 4.17. The Hall–Kier alpha value is -1.70. The van der Waals surface area contributed by atoms with E-state index < -0.39 is 0 Å². The van der Waals surface area contributed by atoms with Gasteiger partial charge in [0, 0.05) is 24.8 Å². The first-order valence-electron chi connectivity index (χ1n) is 9.94. The molecule has 0 amide bonds. The van der Waals surface area contributed by atoms with E-state index in [2.05, 4.69) is 51.5 Å². The molecule has 2 heterocycles. The Morgan fingerprint density at radius 1 is 0.423 bits per heavy atom. The lowest BCUT2D eigenvalue weighted by molar-refractivity contribution is 1.09. The number of nitrogens with zero attached hydrogens (tertiary/aromatic N) is 2. The Morgan fingerprint density at radius 3 is 0.615 bits per heavy atom. The van der Waals surface area contributed by atoms with Crippen LogP contribution in [-0.2, 0) is 0 Å². The van der Waals surface area contributed by atoms with E-state index in [-0.39, 0.29) is 7.43 Å². The standard InChI is InChI=1S/2C5H5N.3C3H8.2C2H6.CH4/c2*1-2-4-6-5-3-1;3*1-3-2;2*1-2;/h2*1-5H;3*3H2,1-2H3;2*1-2H3;1H4. The predicted octanol–water partition coefficient (Wildman–Crippen LogP) is 9.10. The van der Waals surface area contributed by atoms with Crippen LogP contribution in [0, 0.1) is 0 Å². The van der Waals surface area contributed by atoms with Crippen molar-refractivity contribution < 1.29 is 0 Å². The Balaban J connectivity index is -0.0000000472. The van der Waals surface area contributed by atoms with Crippen molar-refractivity contribution in [3.8, 4) is 0 Å². The zero-order chi connectivity index (χ0) is 20.6. The van der Waals surface area contributed by atoms with Crippen molar-refractivity contribution in [3.63, 3.8) is 0 Å². The highest BCUT2D eigenvalue weighted by Crippen LogP contribution is 1.74. The van der Waals surface area contributed by atoms with Crippen LogP contribution in [0.4, 0.5) is 0 Å². The van der Waals surface area contributed by atoms with Gasteiger partial charge in [0.1, 0.15) is 0 Å². The fourth-order valence-corrected chi connectivity index (χ4v) is 0.625. The molecule has 0 saturated heterocycles. The quantitative estimate of drug-likeness (QED) is 0.464. The van der Waals surface area contributed by atoms with Gasteiger partial charge in [0.15, 0.2) is 0 Å². The molecule has 0 fully saturated rings. The highest BCUT2D eigenvalue weighted by molar-refractivity contribution is 4.88. The van der Waals surface area contributed by atoms with Crippen LogP contribution in [0.3, 0.4) is 0 Å². The number of hydrogen-bond donors (Lipinski definition) is 0. The molecule has 0 aliphatic carbocycles. The molecule has 0 bridgehead atoms. The molecule has 2 aromatic heterocycles. The van der Waals surface area contributed by atoms with Crippen LogP contribution in [0.2, 0.25) is 0 Å². The lowest BCUT2D eigenvalue weighted by Crippen LogP contribution is -1.58. The molecule has 0 N–H and O–H groups in total. The van der Waals surface area contributed by atoms with Gasteiger partial charge >= 0.3 is 0 Å². The van der Waals surface area contributed by atoms with Gasteiger partial charge in [0.2, 0.25) is 0 Å². The molecule has 0 aliphatic rings. The topological polar surface area (TPSA) is 25.8 Å². The maximum atomic E-state index is 3.78. The minimum atomic E-state index is 0. The summed E-state index contributed by atoms with van der Waals surface area (Å²) in [4.78, 5) is 7.57. The van der Waals surface area contributed by atoms with Crippen molar-refractivity contribution >= 4 is 0 Å². The van der Waals surface area contributed by atoms with E-state index in [1.807, 2.05) is 64.1 Å². The third-order valence-electron chi connectivity index (χ3n) is 1.13. The van der Waals surface area contributed by atoms with Crippen LogP contribution in [-0.4, -0.2) is 9.97 Å². The van der Waals surface area contributed by atoms with Gasteiger partial charge in [-0.2, -0.15) is 0 Å². The number of aromatic nitrogens is 2. The summed E-state index contributed by atoms with van der Waals surface area (Å²) in [5, 5.41) is 0. The summed E-state index contributed by atoms with van der Waals surface area (Å²) in [5.74, 6) is 0. The van der Waals surface area contributed by atoms with Crippen LogP contribution in [0.1, 0.15) is 95.9 Å². The summed E-state index contributed by atoms with van der Waals surface area (Å²) >= 11 is 0. The molecule has 2 rings (SSSR count). The van der Waals surface area contributed by atoms with Crippen molar-refractivity contribution in [1.29, 1.82) is 0 Å². The summed E-state index contributed by atoms with van der Waals surface area (Å²) in [6.07, 6.45) is 10.8. The molecule has 2 aromatic rings. The minimum absolute atomic E-state index is 0. The van der Waals surface area contributed by atoms with E-state index in [0.29, 0.717) is 0 Å². The van der Waals surface area contributed by atoms with Gasteiger partial charge in [-0.1, -0.05) is 108 Å². The van der Waals surface area contributed by atoms with E-state index >= 15 is 0 Å². The summed E-state index contributed by atoms with van der Waals surface area (Å²) in [6.45, 7) is 20.8. The molecule has 2 heteroatoms. The molecule has 26 heavy (non-hydrogen) atoms. The molecule has 156 valence electrons. The minimum Gasteiger partial charge on any atom is -0.265 e. The summed E-state index contributed by atoms with van der Waals surface area (Å²) in [7, 11) is 0. The largest absolute Gasteiger partial charge is 0.265 e. The summed E-state index contributed by atoms with van der Waals surface area (Å²) in [6, 6.07) is 11.4. The van der Waals surface area contributed by atoms with Gasteiger partial charge in [0.25, 0.3) is 0 Å². The van der Waals surface area contributed by atoms with Gasteiger partial charge in [0.05, 0.1) is 0 Å². The molecule has 0 atom stereocenters. The van der Waals surface area contributed by atoms with Gasteiger partial charge in [-0.15, -0.1) is 0 Å². The van der Waals surface area contributed by atoms with Crippen LogP contribution in [0.15, 0.2) is 61.2 Å². The molecule has 0 radical (unpaired) electrons. The van der Waals surface area contributed by atoms with Crippen molar-refractivity contribution in [3.05, 3.63) is 61.2 Å². The maximum Gasteiger partial charge on any atom is 0.0267 e. The fraction of sp³-hybridized carbons (Fsp3) is 0.583. The zero-order valence-corrected chi connectivity index (χ0v) is 18.8. The Bertz CT molecular complexity index is 220. The summed E-state index contributed by atoms with van der Waals surface area (Å²) < 4.78 is 0. The Labute approximate surface area is 167 Å². The molecule has 0 spiro atoms. The Morgan fingerprint density at radius 2 is 0.577 bits per heavy atom. The van der Waals surface area contributed by atoms with E-state index in [9.17, 15) is 0 Å². The van der Waals surface area contributed by atoms with Gasteiger partial charge < -0.3 is 0 Å². The molecule has 2 nitrogen and oxygen atoms in total. The van der Waals surface area contributed by atoms with Crippen LogP contribution < -0.4 is 0 Å². The smallest absolute Gasteiger partial charge is 0.0267 e.